The lowest BCUT2D eigenvalue weighted by molar-refractivity contribution is -0.122. The SMILES string of the molecule is CC(Nc1ccccc1Br)(C(N)=O)c1ccc(F)c(F)c1. The minimum atomic E-state index is -1.38. The summed E-state index contributed by atoms with van der Waals surface area (Å²) < 4.78 is 27.2. The Balaban J connectivity index is 2.48. The molecular formula is C15H13BrF2N2O. The quantitative estimate of drug-likeness (QED) is 0.882. The van der Waals surface area contributed by atoms with Crippen molar-refractivity contribution in [2.45, 2.75) is 12.5 Å². The van der Waals surface area contributed by atoms with Crippen LogP contribution < -0.4 is 11.1 Å². The van der Waals surface area contributed by atoms with E-state index in [1.54, 1.807) is 18.2 Å². The first-order valence-corrected chi connectivity index (χ1v) is 6.92. The lowest BCUT2D eigenvalue weighted by atomic mass is 9.90. The summed E-state index contributed by atoms with van der Waals surface area (Å²) in [6, 6.07) is 10.4. The summed E-state index contributed by atoms with van der Waals surface area (Å²) in [6.45, 7) is 1.52. The van der Waals surface area contributed by atoms with Gasteiger partial charge in [-0.05, 0) is 52.7 Å². The van der Waals surface area contributed by atoms with Crippen molar-refractivity contribution in [3.8, 4) is 0 Å². The number of para-hydroxylation sites is 1. The minimum Gasteiger partial charge on any atom is -0.367 e. The average Bonchev–Trinajstić information content (AvgIpc) is 2.44. The van der Waals surface area contributed by atoms with Gasteiger partial charge in [0.05, 0.1) is 0 Å². The van der Waals surface area contributed by atoms with Gasteiger partial charge in [0.1, 0.15) is 5.54 Å². The first-order chi connectivity index (χ1) is 9.84. The maximum atomic E-state index is 13.4. The number of primary amides is 1. The second-order valence-electron chi connectivity index (χ2n) is 4.72. The van der Waals surface area contributed by atoms with Gasteiger partial charge >= 0.3 is 0 Å². The Morgan fingerprint density at radius 3 is 2.43 bits per heavy atom. The third kappa shape index (κ3) is 3.05. The van der Waals surface area contributed by atoms with Crippen LogP contribution in [0.3, 0.4) is 0 Å². The molecule has 1 atom stereocenters. The molecule has 0 aliphatic heterocycles. The maximum absolute atomic E-state index is 13.4. The Kier molecular flexibility index (Phi) is 4.27. The molecule has 3 nitrogen and oxygen atoms in total. The minimum absolute atomic E-state index is 0.240. The van der Waals surface area contributed by atoms with Crippen LogP contribution in [0.25, 0.3) is 0 Å². The van der Waals surface area contributed by atoms with Crippen LogP contribution in [0.1, 0.15) is 12.5 Å². The molecule has 21 heavy (non-hydrogen) atoms. The number of hydrogen-bond acceptors (Lipinski definition) is 2. The largest absolute Gasteiger partial charge is 0.367 e. The number of benzene rings is 2. The van der Waals surface area contributed by atoms with Gasteiger partial charge in [-0.1, -0.05) is 18.2 Å². The number of hydrogen-bond donors (Lipinski definition) is 2. The zero-order valence-electron chi connectivity index (χ0n) is 11.2. The lowest BCUT2D eigenvalue weighted by Gasteiger charge is -2.29. The van der Waals surface area contributed by atoms with Crippen LogP contribution in [0.15, 0.2) is 46.9 Å². The third-order valence-electron chi connectivity index (χ3n) is 3.25. The maximum Gasteiger partial charge on any atom is 0.247 e. The second kappa shape index (κ2) is 5.81. The summed E-state index contributed by atoms with van der Waals surface area (Å²) in [6.07, 6.45) is 0. The summed E-state index contributed by atoms with van der Waals surface area (Å²) in [5, 5.41) is 2.98. The number of amides is 1. The smallest absolute Gasteiger partial charge is 0.247 e. The van der Waals surface area contributed by atoms with Crippen molar-refractivity contribution in [2.24, 2.45) is 5.73 Å². The van der Waals surface area contributed by atoms with Gasteiger partial charge in [-0.2, -0.15) is 0 Å². The Hall–Kier alpha value is -1.95. The molecule has 1 unspecified atom stereocenters. The third-order valence-corrected chi connectivity index (χ3v) is 3.94. The van der Waals surface area contributed by atoms with E-state index in [-0.39, 0.29) is 5.56 Å². The van der Waals surface area contributed by atoms with Crippen LogP contribution in [0.4, 0.5) is 14.5 Å². The first kappa shape index (κ1) is 15.4. The molecule has 3 N–H and O–H groups in total. The Morgan fingerprint density at radius 1 is 1.19 bits per heavy atom. The molecule has 0 fully saturated rings. The molecule has 0 saturated carbocycles. The zero-order valence-corrected chi connectivity index (χ0v) is 12.7. The Morgan fingerprint density at radius 2 is 1.86 bits per heavy atom. The highest BCUT2D eigenvalue weighted by molar-refractivity contribution is 9.10. The van der Waals surface area contributed by atoms with Crippen LogP contribution >= 0.6 is 15.9 Å². The first-order valence-electron chi connectivity index (χ1n) is 6.13. The molecule has 0 bridgehead atoms. The van der Waals surface area contributed by atoms with Crippen LogP contribution in [0.2, 0.25) is 0 Å². The van der Waals surface area contributed by atoms with Crippen molar-refractivity contribution in [2.75, 3.05) is 5.32 Å². The molecule has 0 saturated heterocycles. The molecule has 110 valence electrons. The standard InChI is InChI=1S/C15H13BrF2N2O/c1-15(14(19)21,9-6-7-11(17)12(18)8-9)20-13-5-3-2-4-10(13)16/h2-8,20H,1H3,(H2,19,21). The van der Waals surface area contributed by atoms with Crippen molar-refractivity contribution in [1.29, 1.82) is 0 Å². The average molecular weight is 355 g/mol. The second-order valence-corrected chi connectivity index (χ2v) is 5.58. The topological polar surface area (TPSA) is 55.1 Å². The van der Waals surface area contributed by atoms with E-state index in [9.17, 15) is 13.6 Å². The van der Waals surface area contributed by atoms with Gasteiger partial charge in [-0.15, -0.1) is 0 Å². The van der Waals surface area contributed by atoms with Crippen molar-refractivity contribution in [1.82, 2.24) is 0 Å². The van der Waals surface area contributed by atoms with Crippen molar-refractivity contribution >= 4 is 27.5 Å². The van der Waals surface area contributed by atoms with Gasteiger partial charge in [-0.3, -0.25) is 4.79 Å². The predicted molar refractivity (Wildman–Crippen MR) is 80.7 cm³/mol. The molecule has 0 aromatic heterocycles. The summed E-state index contributed by atoms with van der Waals surface area (Å²) in [4.78, 5) is 11.9. The van der Waals surface area contributed by atoms with E-state index in [2.05, 4.69) is 21.2 Å². The Labute approximate surface area is 129 Å². The number of carbonyl (C=O) groups excluding carboxylic acids is 1. The van der Waals surface area contributed by atoms with Crippen LogP contribution in [-0.4, -0.2) is 5.91 Å². The molecule has 2 aromatic carbocycles. The van der Waals surface area contributed by atoms with E-state index in [0.717, 1.165) is 16.6 Å². The van der Waals surface area contributed by atoms with Crippen molar-refractivity contribution in [3.05, 3.63) is 64.1 Å². The molecule has 0 spiro atoms. The van der Waals surface area contributed by atoms with Crippen molar-refractivity contribution < 1.29 is 13.6 Å². The molecule has 0 heterocycles. The monoisotopic (exact) mass is 354 g/mol. The van der Waals surface area contributed by atoms with Gasteiger partial charge in [0.2, 0.25) is 5.91 Å². The van der Waals surface area contributed by atoms with E-state index in [1.165, 1.54) is 13.0 Å². The fourth-order valence-electron chi connectivity index (χ4n) is 1.92. The summed E-state index contributed by atoms with van der Waals surface area (Å²) in [5.41, 5.74) is 4.93. The van der Waals surface area contributed by atoms with Gasteiger partial charge in [-0.25, -0.2) is 8.78 Å². The van der Waals surface area contributed by atoms with E-state index < -0.39 is 23.1 Å². The normalized spacial score (nSPS) is 13.5. The molecule has 2 aromatic rings. The number of halogens is 3. The van der Waals surface area contributed by atoms with E-state index in [1.807, 2.05) is 6.07 Å². The summed E-state index contributed by atoms with van der Waals surface area (Å²) in [5.74, 6) is -2.72. The van der Waals surface area contributed by atoms with Gasteiger partial charge in [0.15, 0.2) is 11.6 Å². The molecule has 0 aliphatic rings. The van der Waals surface area contributed by atoms with E-state index in [4.69, 9.17) is 5.73 Å². The van der Waals surface area contributed by atoms with E-state index >= 15 is 0 Å². The fraction of sp³-hybridized carbons (Fsp3) is 0.133. The predicted octanol–water partition coefficient (Wildman–Crippen LogP) is 3.54. The highest BCUT2D eigenvalue weighted by atomic mass is 79.9. The number of anilines is 1. The summed E-state index contributed by atoms with van der Waals surface area (Å²) >= 11 is 3.35. The highest BCUT2D eigenvalue weighted by Gasteiger charge is 2.34. The molecular weight excluding hydrogens is 342 g/mol. The fourth-order valence-corrected chi connectivity index (χ4v) is 2.30. The van der Waals surface area contributed by atoms with Crippen LogP contribution in [0.5, 0.6) is 0 Å². The number of nitrogens with two attached hydrogens (primary N) is 1. The molecule has 0 aliphatic carbocycles. The number of rotatable bonds is 4. The van der Waals surface area contributed by atoms with Gasteiger partial charge in [0, 0.05) is 10.2 Å². The Bertz CT molecular complexity index is 693. The van der Waals surface area contributed by atoms with Crippen molar-refractivity contribution in [3.63, 3.8) is 0 Å². The van der Waals surface area contributed by atoms with Gasteiger partial charge < -0.3 is 11.1 Å². The number of carbonyl (C=O) groups is 1. The molecule has 1 amide bonds. The van der Waals surface area contributed by atoms with Crippen LogP contribution in [-0.2, 0) is 10.3 Å². The molecule has 2 rings (SSSR count). The van der Waals surface area contributed by atoms with E-state index in [0.29, 0.717) is 5.69 Å². The molecule has 0 radical (unpaired) electrons. The highest BCUT2D eigenvalue weighted by Crippen LogP contribution is 2.31. The van der Waals surface area contributed by atoms with Crippen LogP contribution in [0, 0.1) is 11.6 Å². The summed E-state index contributed by atoms with van der Waals surface area (Å²) in [7, 11) is 0. The molecule has 6 heteroatoms. The number of nitrogens with one attached hydrogen (secondary N) is 1. The lowest BCUT2D eigenvalue weighted by Crippen LogP contribution is -2.45. The van der Waals surface area contributed by atoms with Gasteiger partial charge in [0.25, 0.3) is 0 Å². The zero-order chi connectivity index (χ0) is 15.6.